The van der Waals surface area contributed by atoms with Crippen LogP contribution >= 0.6 is 0 Å². The molecule has 118 valence electrons. The summed E-state index contributed by atoms with van der Waals surface area (Å²) in [7, 11) is 0. The van der Waals surface area contributed by atoms with Crippen LogP contribution in [-0.2, 0) is 0 Å². The Hall–Kier alpha value is -0.0800. The SMILES string of the molecule is CC1(C)CC(C)(C)CC(O)(C2(CN)CCCCCC2)C1. The van der Waals surface area contributed by atoms with Crippen LogP contribution in [0.15, 0.2) is 0 Å². The Labute approximate surface area is 125 Å². The predicted octanol–water partition coefficient (Wildman–Crippen LogP) is 4.25. The van der Waals surface area contributed by atoms with Crippen molar-refractivity contribution >= 4 is 0 Å². The van der Waals surface area contributed by atoms with Gasteiger partial charge in [0, 0.05) is 12.0 Å². The number of hydrogen-bond acceptors (Lipinski definition) is 2. The zero-order valence-corrected chi connectivity index (χ0v) is 14.1. The summed E-state index contributed by atoms with van der Waals surface area (Å²) in [5.74, 6) is 0. The normalized spacial score (nSPS) is 31.5. The van der Waals surface area contributed by atoms with E-state index in [0.29, 0.717) is 6.54 Å². The average Bonchev–Trinajstić information content (AvgIpc) is 2.49. The van der Waals surface area contributed by atoms with Crippen molar-refractivity contribution in [1.82, 2.24) is 0 Å². The lowest BCUT2D eigenvalue weighted by atomic mass is 9.51. The molecule has 0 aromatic rings. The molecule has 0 aromatic heterocycles. The molecule has 0 aromatic carbocycles. The Bertz CT molecular complexity index is 321. The summed E-state index contributed by atoms with van der Waals surface area (Å²) in [5.41, 5.74) is 6.05. The third-order valence-corrected chi connectivity index (χ3v) is 5.94. The van der Waals surface area contributed by atoms with Gasteiger partial charge in [0.15, 0.2) is 0 Å². The number of aliphatic hydroxyl groups is 1. The van der Waals surface area contributed by atoms with E-state index >= 15 is 0 Å². The first-order valence-electron chi connectivity index (χ1n) is 8.56. The lowest BCUT2D eigenvalue weighted by molar-refractivity contribution is -0.167. The topological polar surface area (TPSA) is 46.2 Å². The van der Waals surface area contributed by atoms with Crippen LogP contribution in [0, 0.1) is 16.2 Å². The fourth-order valence-electron chi connectivity index (χ4n) is 5.71. The standard InChI is InChI=1S/C18H35NO/c1-15(2)11-16(3,4)13-18(20,12-15)17(14-19)9-7-5-6-8-10-17/h20H,5-14,19H2,1-4H3. The summed E-state index contributed by atoms with van der Waals surface area (Å²) in [4.78, 5) is 0. The van der Waals surface area contributed by atoms with Crippen molar-refractivity contribution in [1.29, 1.82) is 0 Å². The van der Waals surface area contributed by atoms with Crippen LogP contribution in [0.1, 0.15) is 85.5 Å². The summed E-state index contributed by atoms with van der Waals surface area (Å²) in [5, 5.41) is 11.7. The fraction of sp³-hybridized carbons (Fsp3) is 1.00. The van der Waals surface area contributed by atoms with Crippen molar-refractivity contribution in [3.05, 3.63) is 0 Å². The van der Waals surface area contributed by atoms with Crippen LogP contribution in [0.4, 0.5) is 0 Å². The van der Waals surface area contributed by atoms with E-state index in [-0.39, 0.29) is 16.2 Å². The summed E-state index contributed by atoms with van der Waals surface area (Å²) in [6.45, 7) is 9.93. The molecule has 3 N–H and O–H groups in total. The quantitative estimate of drug-likeness (QED) is 0.743. The molecule has 0 unspecified atom stereocenters. The molecule has 0 aliphatic heterocycles. The van der Waals surface area contributed by atoms with E-state index in [1.54, 1.807) is 0 Å². The Morgan fingerprint density at radius 3 is 1.65 bits per heavy atom. The third kappa shape index (κ3) is 3.06. The molecule has 2 nitrogen and oxygen atoms in total. The molecule has 0 heterocycles. The molecule has 2 heteroatoms. The van der Waals surface area contributed by atoms with E-state index in [1.165, 1.54) is 32.1 Å². The maximum absolute atomic E-state index is 11.7. The molecule has 0 saturated heterocycles. The minimum atomic E-state index is -0.572. The largest absolute Gasteiger partial charge is 0.389 e. The second-order valence-corrected chi connectivity index (χ2v) is 9.29. The van der Waals surface area contributed by atoms with E-state index < -0.39 is 5.60 Å². The van der Waals surface area contributed by atoms with E-state index in [4.69, 9.17) is 5.73 Å². The van der Waals surface area contributed by atoms with Crippen LogP contribution in [-0.4, -0.2) is 17.3 Å². The summed E-state index contributed by atoms with van der Waals surface area (Å²) in [6, 6.07) is 0. The number of rotatable bonds is 2. The fourth-order valence-corrected chi connectivity index (χ4v) is 5.71. The van der Waals surface area contributed by atoms with Crippen molar-refractivity contribution in [3.63, 3.8) is 0 Å². The van der Waals surface area contributed by atoms with Gasteiger partial charge in [-0.15, -0.1) is 0 Å². The minimum Gasteiger partial charge on any atom is -0.389 e. The van der Waals surface area contributed by atoms with Crippen molar-refractivity contribution in [3.8, 4) is 0 Å². The highest BCUT2D eigenvalue weighted by Crippen LogP contribution is 2.58. The average molecular weight is 281 g/mol. The molecule has 2 aliphatic rings. The maximum atomic E-state index is 11.7. The second kappa shape index (κ2) is 5.28. The van der Waals surface area contributed by atoms with Crippen molar-refractivity contribution in [2.24, 2.45) is 22.0 Å². The number of hydrogen-bond donors (Lipinski definition) is 2. The lowest BCUT2D eigenvalue weighted by Crippen LogP contribution is -2.59. The van der Waals surface area contributed by atoms with Gasteiger partial charge in [0.25, 0.3) is 0 Å². The smallest absolute Gasteiger partial charge is 0.0725 e. The van der Waals surface area contributed by atoms with Gasteiger partial charge in [-0.2, -0.15) is 0 Å². The van der Waals surface area contributed by atoms with Crippen LogP contribution in [0.3, 0.4) is 0 Å². The lowest BCUT2D eigenvalue weighted by Gasteiger charge is -2.57. The Morgan fingerprint density at radius 1 is 0.800 bits per heavy atom. The molecule has 0 bridgehead atoms. The van der Waals surface area contributed by atoms with Gasteiger partial charge in [-0.25, -0.2) is 0 Å². The molecule has 2 rings (SSSR count). The van der Waals surface area contributed by atoms with Gasteiger partial charge in [0.05, 0.1) is 5.60 Å². The Kier molecular flexibility index (Phi) is 4.30. The van der Waals surface area contributed by atoms with Crippen molar-refractivity contribution < 1.29 is 5.11 Å². The summed E-state index contributed by atoms with van der Waals surface area (Å²) in [6.07, 6.45) is 10.4. The molecule has 0 radical (unpaired) electrons. The highest BCUT2D eigenvalue weighted by atomic mass is 16.3. The number of nitrogens with two attached hydrogens (primary N) is 1. The van der Waals surface area contributed by atoms with Crippen LogP contribution in [0.25, 0.3) is 0 Å². The molecule has 0 amide bonds. The van der Waals surface area contributed by atoms with Crippen molar-refractivity contribution in [2.45, 2.75) is 91.1 Å². The van der Waals surface area contributed by atoms with Gasteiger partial charge < -0.3 is 10.8 Å². The second-order valence-electron chi connectivity index (χ2n) is 9.29. The maximum Gasteiger partial charge on any atom is 0.0725 e. The Morgan fingerprint density at radius 2 is 1.25 bits per heavy atom. The zero-order chi connectivity index (χ0) is 15.1. The van der Waals surface area contributed by atoms with E-state index in [1.807, 2.05) is 0 Å². The first-order valence-corrected chi connectivity index (χ1v) is 8.56. The first kappa shape index (κ1) is 16.3. The zero-order valence-electron chi connectivity index (χ0n) is 14.1. The van der Waals surface area contributed by atoms with Crippen LogP contribution in [0.5, 0.6) is 0 Å². The van der Waals surface area contributed by atoms with Crippen LogP contribution in [0.2, 0.25) is 0 Å². The van der Waals surface area contributed by atoms with Crippen molar-refractivity contribution in [2.75, 3.05) is 6.54 Å². The third-order valence-electron chi connectivity index (χ3n) is 5.94. The molecular weight excluding hydrogens is 246 g/mol. The predicted molar refractivity (Wildman–Crippen MR) is 85.6 cm³/mol. The van der Waals surface area contributed by atoms with E-state index in [0.717, 1.165) is 25.7 Å². The van der Waals surface area contributed by atoms with Gasteiger partial charge in [-0.05, 0) is 42.9 Å². The molecule has 2 fully saturated rings. The Balaban J connectivity index is 2.34. The van der Waals surface area contributed by atoms with Gasteiger partial charge >= 0.3 is 0 Å². The van der Waals surface area contributed by atoms with E-state index in [2.05, 4.69) is 27.7 Å². The van der Waals surface area contributed by atoms with E-state index in [9.17, 15) is 5.11 Å². The van der Waals surface area contributed by atoms with Gasteiger partial charge in [0.2, 0.25) is 0 Å². The highest BCUT2D eigenvalue weighted by Gasteiger charge is 2.56. The summed E-state index contributed by atoms with van der Waals surface area (Å²) >= 11 is 0. The molecule has 2 aliphatic carbocycles. The monoisotopic (exact) mass is 281 g/mol. The highest BCUT2D eigenvalue weighted by molar-refractivity contribution is 5.08. The molecule has 0 spiro atoms. The van der Waals surface area contributed by atoms with Gasteiger partial charge in [-0.3, -0.25) is 0 Å². The van der Waals surface area contributed by atoms with Gasteiger partial charge in [-0.1, -0.05) is 53.4 Å². The first-order chi connectivity index (χ1) is 9.14. The van der Waals surface area contributed by atoms with Crippen LogP contribution < -0.4 is 5.73 Å². The molecule has 0 atom stereocenters. The van der Waals surface area contributed by atoms with Gasteiger partial charge in [0.1, 0.15) is 0 Å². The molecule has 2 saturated carbocycles. The molecular formula is C18H35NO. The molecule has 20 heavy (non-hydrogen) atoms. The minimum absolute atomic E-state index is 0.0432. The summed E-state index contributed by atoms with van der Waals surface area (Å²) < 4.78 is 0.